The molecule has 0 unspecified atom stereocenters. The van der Waals surface area contributed by atoms with E-state index in [1.165, 1.54) is 24.8 Å². The van der Waals surface area contributed by atoms with Crippen molar-refractivity contribution in [3.8, 4) is 0 Å². The molecule has 0 aliphatic carbocycles. The second-order valence-corrected chi connectivity index (χ2v) is 3.50. The summed E-state index contributed by atoms with van der Waals surface area (Å²) in [4.78, 5) is 10.2. The van der Waals surface area contributed by atoms with E-state index < -0.39 is 0 Å². The molecule has 0 aliphatic rings. The van der Waals surface area contributed by atoms with E-state index >= 15 is 0 Å². The molecule has 1 nitrogen and oxygen atoms in total. The molecule has 0 aromatic heterocycles. The van der Waals surface area contributed by atoms with E-state index in [9.17, 15) is 4.79 Å². The summed E-state index contributed by atoms with van der Waals surface area (Å²) in [7, 11) is 0. The van der Waals surface area contributed by atoms with Crippen molar-refractivity contribution in [3.05, 3.63) is 11.6 Å². The Morgan fingerprint density at radius 2 is 2.17 bits per heavy atom. The molecule has 12 heavy (non-hydrogen) atoms. The molecule has 0 radical (unpaired) electrons. The van der Waals surface area contributed by atoms with E-state index in [0.29, 0.717) is 12.3 Å². The van der Waals surface area contributed by atoms with E-state index in [-0.39, 0.29) is 0 Å². The van der Waals surface area contributed by atoms with Gasteiger partial charge in [0.15, 0.2) is 0 Å². The molecule has 0 heterocycles. The molecule has 0 saturated heterocycles. The zero-order valence-corrected chi connectivity index (χ0v) is 8.47. The van der Waals surface area contributed by atoms with Crippen molar-refractivity contribution in [1.29, 1.82) is 0 Å². The average molecular weight is 168 g/mol. The van der Waals surface area contributed by atoms with Gasteiger partial charge in [0.2, 0.25) is 0 Å². The number of carbonyl (C=O) groups is 1. The van der Waals surface area contributed by atoms with Crippen molar-refractivity contribution in [1.82, 2.24) is 0 Å². The Kier molecular flexibility index (Phi) is 6.73. The highest BCUT2D eigenvalue weighted by molar-refractivity contribution is 5.50. The lowest BCUT2D eigenvalue weighted by Crippen LogP contribution is -1.92. The highest BCUT2D eigenvalue weighted by atomic mass is 16.1. The summed E-state index contributed by atoms with van der Waals surface area (Å²) in [6, 6.07) is 0. The second-order valence-electron chi connectivity index (χ2n) is 3.50. The first-order valence-corrected chi connectivity index (χ1v) is 4.81. The monoisotopic (exact) mass is 168 g/mol. The van der Waals surface area contributed by atoms with E-state index in [2.05, 4.69) is 26.8 Å². The smallest absolute Gasteiger partial charge is 0.120 e. The van der Waals surface area contributed by atoms with Crippen LogP contribution in [0.3, 0.4) is 0 Å². The maximum Gasteiger partial charge on any atom is 0.120 e. The molecule has 0 spiro atoms. The molecule has 0 rings (SSSR count). The molecule has 0 bridgehead atoms. The third kappa shape index (κ3) is 6.14. The van der Waals surface area contributed by atoms with Crippen LogP contribution in [-0.4, -0.2) is 6.29 Å². The van der Waals surface area contributed by atoms with E-state index in [0.717, 1.165) is 6.29 Å². The number of unbranched alkanes of at least 4 members (excludes halogenated alkanes) is 1. The topological polar surface area (TPSA) is 17.1 Å². The standard InChI is InChI=1S/C11H20O/c1-4-5-6-10(2)9-11(3)7-8-12/h8-9,11H,4-7H2,1-3H3/b10-9+/t11-/m1/s1. The Balaban J connectivity index is 3.71. The van der Waals surface area contributed by atoms with Crippen molar-refractivity contribution < 1.29 is 4.79 Å². The second kappa shape index (κ2) is 7.08. The fourth-order valence-corrected chi connectivity index (χ4v) is 1.24. The fourth-order valence-electron chi connectivity index (χ4n) is 1.24. The highest BCUT2D eigenvalue weighted by Crippen LogP contribution is 2.11. The van der Waals surface area contributed by atoms with Gasteiger partial charge in [-0.05, 0) is 25.7 Å². The van der Waals surface area contributed by atoms with Crippen molar-refractivity contribution in [2.75, 3.05) is 0 Å². The number of hydrogen-bond acceptors (Lipinski definition) is 1. The van der Waals surface area contributed by atoms with Crippen LogP contribution in [0.25, 0.3) is 0 Å². The number of aldehydes is 1. The van der Waals surface area contributed by atoms with Gasteiger partial charge in [0.25, 0.3) is 0 Å². The lowest BCUT2D eigenvalue weighted by atomic mass is 10.0. The van der Waals surface area contributed by atoms with E-state index in [1.807, 2.05) is 0 Å². The van der Waals surface area contributed by atoms with Crippen molar-refractivity contribution in [2.45, 2.75) is 46.5 Å². The number of hydrogen-bond donors (Lipinski definition) is 0. The van der Waals surface area contributed by atoms with E-state index in [4.69, 9.17) is 0 Å². The number of rotatable bonds is 6. The van der Waals surface area contributed by atoms with Crippen LogP contribution in [0, 0.1) is 5.92 Å². The average Bonchev–Trinajstić information content (AvgIpc) is 2.01. The first kappa shape index (κ1) is 11.4. The van der Waals surface area contributed by atoms with Gasteiger partial charge >= 0.3 is 0 Å². The predicted octanol–water partition coefficient (Wildman–Crippen LogP) is 3.35. The highest BCUT2D eigenvalue weighted by Gasteiger charge is 1.97. The SMILES string of the molecule is CCCC/C(C)=C/[C@H](C)CC=O. The summed E-state index contributed by atoms with van der Waals surface area (Å²) >= 11 is 0. The van der Waals surface area contributed by atoms with Gasteiger partial charge in [-0.15, -0.1) is 0 Å². The van der Waals surface area contributed by atoms with Gasteiger partial charge in [0, 0.05) is 6.42 Å². The Hall–Kier alpha value is -0.590. The Labute approximate surface area is 75.9 Å². The van der Waals surface area contributed by atoms with Gasteiger partial charge in [0.05, 0.1) is 0 Å². The first-order chi connectivity index (χ1) is 5.70. The summed E-state index contributed by atoms with van der Waals surface area (Å²) in [5, 5.41) is 0. The summed E-state index contributed by atoms with van der Waals surface area (Å²) < 4.78 is 0. The molecule has 0 amide bonds. The molecular weight excluding hydrogens is 148 g/mol. The molecule has 70 valence electrons. The Bertz CT molecular complexity index is 147. The third-order valence-electron chi connectivity index (χ3n) is 1.96. The van der Waals surface area contributed by atoms with Gasteiger partial charge < -0.3 is 4.79 Å². The Morgan fingerprint density at radius 1 is 1.50 bits per heavy atom. The van der Waals surface area contributed by atoms with Gasteiger partial charge in [-0.3, -0.25) is 0 Å². The minimum Gasteiger partial charge on any atom is -0.303 e. The van der Waals surface area contributed by atoms with Crippen molar-refractivity contribution in [3.63, 3.8) is 0 Å². The van der Waals surface area contributed by atoms with Crippen LogP contribution in [0.15, 0.2) is 11.6 Å². The number of carbonyl (C=O) groups excluding carboxylic acids is 1. The lowest BCUT2D eigenvalue weighted by molar-refractivity contribution is -0.108. The summed E-state index contributed by atoms with van der Waals surface area (Å²) in [6.07, 6.45) is 7.55. The molecule has 1 atom stereocenters. The summed E-state index contributed by atoms with van der Waals surface area (Å²) in [6.45, 7) is 6.43. The normalized spacial score (nSPS) is 14.4. The van der Waals surface area contributed by atoms with Gasteiger partial charge in [-0.25, -0.2) is 0 Å². The first-order valence-electron chi connectivity index (χ1n) is 4.81. The summed E-state index contributed by atoms with van der Waals surface area (Å²) in [5.41, 5.74) is 1.42. The predicted molar refractivity (Wildman–Crippen MR) is 53.1 cm³/mol. The van der Waals surface area contributed by atoms with Gasteiger partial charge in [-0.2, -0.15) is 0 Å². The number of allylic oxidation sites excluding steroid dienone is 2. The molecule has 0 N–H and O–H groups in total. The fraction of sp³-hybridized carbons (Fsp3) is 0.727. The molecular formula is C11H20O. The largest absolute Gasteiger partial charge is 0.303 e. The van der Waals surface area contributed by atoms with Gasteiger partial charge in [0.1, 0.15) is 6.29 Å². The zero-order valence-electron chi connectivity index (χ0n) is 8.47. The van der Waals surface area contributed by atoms with Crippen LogP contribution >= 0.6 is 0 Å². The van der Waals surface area contributed by atoms with Crippen LogP contribution in [0.1, 0.15) is 46.5 Å². The maximum absolute atomic E-state index is 10.2. The molecule has 0 saturated carbocycles. The van der Waals surface area contributed by atoms with Crippen LogP contribution in [0.5, 0.6) is 0 Å². The summed E-state index contributed by atoms with van der Waals surface area (Å²) in [5.74, 6) is 0.416. The minimum absolute atomic E-state index is 0.416. The van der Waals surface area contributed by atoms with Crippen molar-refractivity contribution in [2.24, 2.45) is 5.92 Å². The molecule has 0 aromatic carbocycles. The molecule has 0 aliphatic heterocycles. The van der Waals surface area contributed by atoms with Crippen LogP contribution in [0.4, 0.5) is 0 Å². The van der Waals surface area contributed by atoms with E-state index in [1.54, 1.807) is 0 Å². The minimum atomic E-state index is 0.416. The van der Waals surface area contributed by atoms with Crippen molar-refractivity contribution >= 4 is 6.29 Å². The van der Waals surface area contributed by atoms with Crippen LogP contribution in [-0.2, 0) is 4.79 Å². The lowest BCUT2D eigenvalue weighted by Gasteiger charge is -2.03. The third-order valence-corrected chi connectivity index (χ3v) is 1.96. The zero-order chi connectivity index (χ0) is 9.40. The van der Waals surface area contributed by atoms with Crippen LogP contribution < -0.4 is 0 Å². The maximum atomic E-state index is 10.2. The van der Waals surface area contributed by atoms with Crippen LogP contribution in [0.2, 0.25) is 0 Å². The van der Waals surface area contributed by atoms with Gasteiger partial charge in [-0.1, -0.05) is 31.9 Å². The quantitative estimate of drug-likeness (QED) is 0.439. The molecule has 1 heteroatoms. The Morgan fingerprint density at radius 3 is 2.67 bits per heavy atom. The molecule has 0 fully saturated rings. The molecule has 0 aromatic rings.